The molecule has 0 bridgehead atoms. The average Bonchev–Trinajstić information content (AvgIpc) is 2.85. The van der Waals surface area contributed by atoms with Gasteiger partial charge >= 0.3 is 11.9 Å². The largest absolute Gasteiger partial charge is 0.478 e. The van der Waals surface area contributed by atoms with Gasteiger partial charge in [0.1, 0.15) is 0 Å². The van der Waals surface area contributed by atoms with Gasteiger partial charge in [0.2, 0.25) is 0 Å². The Morgan fingerprint density at radius 1 is 0.576 bits per heavy atom. The Morgan fingerprint density at radius 3 is 1.33 bits per heavy atom. The number of carboxylic acids is 2. The van der Waals surface area contributed by atoms with Crippen molar-refractivity contribution in [2.75, 3.05) is 0 Å². The first-order chi connectivity index (χ1) is 16.0. The van der Waals surface area contributed by atoms with E-state index in [9.17, 15) is 19.8 Å². The minimum Gasteiger partial charge on any atom is -0.478 e. The Labute approximate surface area is 192 Å². The van der Waals surface area contributed by atoms with Crippen LogP contribution in [0.5, 0.6) is 0 Å². The van der Waals surface area contributed by atoms with Crippen molar-refractivity contribution in [1.29, 1.82) is 0 Å². The van der Waals surface area contributed by atoms with Crippen molar-refractivity contribution in [2.24, 2.45) is 0 Å². The highest BCUT2D eigenvalue weighted by Crippen LogP contribution is 2.27. The lowest BCUT2D eigenvalue weighted by Crippen LogP contribution is -2.13. The lowest BCUT2D eigenvalue weighted by atomic mass is 9.96. The zero-order chi connectivity index (χ0) is 23.2. The first-order valence-corrected chi connectivity index (χ1v) is 10.6. The number of benzene rings is 4. The molecule has 5 nitrogen and oxygen atoms in total. The first kappa shape index (κ1) is 22.0. The van der Waals surface area contributed by atoms with Gasteiger partial charge in [0.15, 0.2) is 0 Å². The van der Waals surface area contributed by atoms with E-state index in [1.807, 2.05) is 84.9 Å². The molecule has 5 heteroatoms. The highest BCUT2D eigenvalue weighted by Gasteiger charge is 2.14. The monoisotopic (exact) mass is 437 g/mol. The third kappa shape index (κ3) is 5.17. The molecule has 0 atom stereocenters. The van der Waals surface area contributed by atoms with E-state index in [2.05, 4.69) is 5.32 Å². The Morgan fingerprint density at radius 2 is 0.970 bits per heavy atom. The summed E-state index contributed by atoms with van der Waals surface area (Å²) in [5, 5.41) is 22.5. The molecule has 0 fully saturated rings. The van der Waals surface area contributed by atoms with Gasteiger partial charge in [-0.3, -0.25) is 0 Å². The summed E-state index contributed by atoms with van der Waals surface area (Å²) in [6.07, 6.45) is 0. The van der Waals surface area contributed by atoms with Crippen molar-refractivity contribution in [3.05, 3.63) is 119 Å². The highest BCUT2D eigenvalue weighted by atomic mass is 16.4. The maximum atomic E-state index is 11.7. The fraction of sp³-hybridized carbons (Fsp3) is 0.0714. The van der Waals surface area contributed by atoms with E-state index in [1.165, 1.54) is 0 Å². The number of carbonyl (C=O) groups is 2. The molecule has 4 aromatic rings. The molecule has 0 aliphatic rings. The van der Waals surface area contributed by atoms with Gasteiger partial charge in [-0.25, -0.2) is 9.59 Å². The zero-order valence-corrected chi connectivity index (χ0v) is 17.9. The average molecular weight is 437 g/mol. The smallest absolute Gasteiger partial charge is 0.336 e. The van der Waals surface area contributed by atoms with Crippen LogP contribution in [0.15, 0.2) is 97.1 Å². The van der Waals surface area contributed by atoms with Gasteiger partial charge in [-0.05, 0) is 57.6 Å². The van der Waals surface area contributed by atoms with Crippen molar-refractivity contribution < 1.29 is 19.8 Å². The van der Waals surface area contributed by atoms with Crippen LogP contribution in [0.3, 0.4) is 0 Å². The molecule has 0 amide bonds. The molecule has 33 heavy (non-hydrogen) atoms. The van der Waals surface area contributed by atoms with Crippen molar-refractivity contribution in [2.45, 2.75) is 13.1 Å². The number of carboxylic acid groups (broad SMARTS) is 2. The van der Waals surface area contributed by atoms with Gasteiger partial charge in [-0.1, -0.05) is 72.8 Å². The van der Waals surface area contributed by atoms with E-state index in [-0.39, 0.29) is 11.1 Å². The Kier molecular flexibility index (Phi) is 6.62. The second kappa shape index (κ2) is 9.94. The summed E-state index contributed by atoms with van der Waals surface area (Å²) in [6, 6.07) is 29.6. The summed E-state index contributed by atoms with van der Waals surface area (Å²) in [7, 11) is 0. The van der Waals surface area contributed by atoms with Crippen LogP contribution in [0.25, 0.3) is 22.3 Å². The molecule has 0 saturated heterocycles. The second-order valence-corrected chi connectivity index (χ2v) is 7.71. The molecule has 0 radical (unpaired) electrons. The van der Waals surface area contributed by atoms with Crippen LogP contribution < -0.4 is 5.32 Å². The summed E-state index contributed by atoms with van der Waals surface area (Å²) in [6.45, 7) is 1.09. The summed E-state index contributed by atoms with van der Waals surface area (Å²) in [5.41, 5.74) is 5.53. The van der Waals surface area contributed by atoms with Crippen LogP contribution in [-0.2, 0) is 13.1 Å². The molecule has 0 aromatic heterocycles. The Balaban J connectivity index is 1.53. The van der Waals surface area contributed by atoms with Crippen LogP contribution >= 0.6 is 0 Å². The molecular weight excluding hydrogens is 414 g/mol. The SMILES string of the molecule is O=C(O)c1ccc(CNCc2ccc(C(=O)O)c(-c3ccccc3)c2)cc1-c1ccccc1. The van der Waals surface area contributed by atoms with Gasteiger partial charge in [-0.15, -0.1) is 0 Å². The fourth-order valence-electron chi connectivity index (χ4n) is 3.84. The van der Waals surface area contributed by atoms with Crippen LogP contribution in [0, 0.1) is 0 Å². The van der Waals surface area contributed by atoms with E-state index in [0.29, 0.717) is 24.2 Å². The Bertz CT molecular complexity index is 1180. The standard InChI is InChI=1S/C28H23NO4/c30-27(31)23-13-11-19(15-25(23)21-7-3-1-4-8-21)17-29-18-20-12-14-24(28(32)33)26(16-20)22-9-5-2-6-10-22/h1-16,29H,17-18H2,(H,30,31)(H,32,33). The van der Waals surface area contributed by atoms with E-state index in [1.54, 1.807) is 12.1 Å². The number of hydrogen-bond acceptors (Lipinski definition) is 3. The number of nitrogens with one attached hydrogen (secondary N) is 1. The van der Waals surface area contributed by atoms with Crippen molar-refractivity contribution in [3.63, 3.8) is 0 Å². The lowest BCUT2D eigenvalue weighted by Gasteiger charge is -2.12. The summed E-state index contributed by atoms with van der Waals surface area (Å²) in [4.78, 5) is 23.3. The predicted octanol–water partition coefficient (Wildman–Crippen LogP) is 5.71. The molecule has 4 rings (SSSR count). The van der Waals surface area contributed by atoms with E-state index < -0.39 is 11.9 Å². The van der Waals surface area contributed by atoms with Crippen LogP contribution in [0.4, 0.5) is 0 Å². The number of aromatic carboxylic acids is 2. The molecule has 0 spiro atoms. The molecule has 0 saturated carbocycles. The molecule has 3 N–H and O–H groups in total. The molecular formula is C28H23NO4. The first-order valence-electron chi connectivity index (χ1n) is 10.6. The number of hydrogen-bond donors (Lipinski definition) is 3. The predicted molar refractivity (Wildman–Crippen MR) is 128 cm³/mol. The van der Waals surface area contributed by atoms with Gasteiger partial charge < -0.3 is 15.5 Å². The minimum atomic E-state index is -0.958. The normalized spacial score (nSPS) is 10.7. The maximum Gasteiger partial charge on any atom is 0.336 e. The highest BCUT2D eigenvalue weighted by molar-refractivity contribution is 5.97. The van der Waals surface area contributed by atoms with E-state index in [4.69, 9.17) is 0 Å². The molecule has 4 aromatic carbocycles. The van der Waals surface area contributed by atoms with Gasteiger partial charge in [-0.2, -0.15) is 0 Å². The van der Waals surface area contributed by atoms with Crippen LogP contribution in [0.1, 0.15) is 31.8 Å². The maximum absolute atomic E-state index is 11.7. The third-order valence-corrected chi connectivity index (χ3v) is 5.46. The summed E-state index contributed by atoms with van der Waals surface area (Å²) < 4.78 is 0. The molecule has 0 unspecified atom stereocenters. The molecule has 0 aliphatic heterocycles. The van der Waals surface area contributed by atoms with E-state index >= 15 is 0 Å². The topological polar surface area (TPSA) is 86.6 Å². The van der Waals surface area contributed by atoms with Gasteiger partial charge in [0.25, 0.3) is 0 Å². The molecule has 0 heterocycles. The van der Waals surface area contributed by atoms with Crippen molar-refractivity contribution in [1.82, 2.24) is 5.32 Å². The summed E-state index contributed by atoms with van der Waals surface area (Å²) >= 11 is 0. The third-order valence-electron chi connectivity index (χ3n) is 5.46. The van der Waals surface area contributed by atoms with Gasteiger partial charge in [0, 0.05) is 13.1 Å². The second-order valence-electron chi connectivity index (χ2n) is 7.71. The number of rotatable bonds is 8. The van der Waals surface area contributed by atoms with Crippen molar-refractivity contribution in [3.8, 4) is 22.3 Å². The lowest BCUT2D eigenvalue weighted by molar-refractivity contribution is 0.0687. The van der Waals surface area contributed by atoms with Crippen molar-refractivity contribution >= 4 is 11.9 Å². The zero-order valence-electron chi connectivity index (χ0n) is 17.9. The minimum absolute atomic E-state index is 0.265. The van der Waals surface area contributed by atoms with Crippen LogP contribution in [0.2, 0.25) is 0 Å². The van der Waals surface area contributed by atoms with E-state index in [0.717, 1.165) is 22.3 Å². The molecule has 164 valence electrons. The molecule has 0 aliphatic carbocycles. The summed E-state index contributed by atoms with van der Waals surface area (Å²) in [5.74, 6) is -1.92. The Hall–Kier alpha value is -4.22. The van der Waals surface area contributed by atoms with Gasteiger partial charge in [0.05, 0.1) is 11.1 Å². The van der Waals surface area contributed by atoms with Crippen LogP contribution in [-0.4, -0.2) is 22.2 Å². The quantitative estimate of drug-likeness (QED) is 0.329. The fourth-order valence-corrected chi connectivity index (χ4v) is 3.84.